The Labute approximate surface area is 96.4 Å². The van der Waals surface area contributed by atoms with Crippen molar-refractivity contribution in [1.82, 2.24) is 5.32 Å². The zero-order chi connectivity index (χ0) is 12.3. The van der Waals surface area contributed by atoms with Crippen LogP contribution in [0.15, 0.2) is 0 Å². The lowest BCUT2D eigenvalue weighted by atomic mass is 9.76. The zero-order valence-corrected chi connectivity index (χ0v) is 10.2. The van der Waals surface area contributed by atoms with E-state index in [0.29, 0.717) is 12.5 Å². The van der Waals surface area contributed by atoms with Crippen molar-refractivity contribution in [2.75, 3.05) is 6.54 Å². The molecule has 1 saturated carbocycles. The van der Waals surface area contributed by atoms with Gasteiger partial charge in [-0.15, -0.1) is 0 Å². The van der Waals surface area contributed by atoms with Gasteiger partial charge in [0.25, 0.3) is 0 Å². The van der Waals surface area contributed by atoms with E-state index in [-0.39, 0.29) is 18.2 Å². The van der Waals surface area contributed by atoms with Gasteiger partial charge in [0.2, 0.25) is 5.91 Å². The molecule has 2 N–H and O–H groups in total. The topological polar surface area (TPSA) is 66.4 Å². The summed E-state index contributed by atoms with van der Waals surface area (Å²) in [6.45, 7) is 6.01. The number of rotatable bonds is 6. The van der Waals surface area contributed by atoms with Crippen LogP contribution in [0.5, 0.6) is 0 Å². The van der Waals surface area contributed by atoms with Crippen molar-refractivity contribution >= 4 is 11.9 Å². The highest BCUT2D eigenvalue weighted by molar-refractivity contribution is 5.84. The molecule has 1 amide bonds. The van der Waals surface area contributed by atoms with Crippen LogP contribution in [-0.2, 0) is 9.59 Å². The molecule has 1 aliphatic carbocycles. The standard InChI is InChI=1S/C12H21NO3/c1-8(2)12(3,11(15)16)6-10(14)13-7-9-4-5-9/h8-9H,4-7H2,1-3H3,(H,13,14)(H,15,16). The molecule has 0 aliphatic heterocycles. The number of hydrogen-bond donors (Lipinski definition) is 2. The van der Waals surface area contributed by atoms with E-state index in [9.17, 15) is 9.59 Å². The number of carbonyl (C=O) groups is 2. The van der Waals surface area contributed by atoms with E-state index in [1.807, 2.05) is 13.8 Å². The first-order valence-electron chi connectivity index (χ1n) is 5.86. The Hall–Kier alpha value is -1.06. The molecule has 0 aromatic heterocycles. The van der Waals surface area contributed by atoms with E-state index in [1.165, 1.54) is 12.8 Å². The number of amides is 1. The van der Waals surface area contributed by atoms with Crippen LogP contribution < -0.4 is 5.32 Å². The van der Waals surface area contributed by atoms with Gasteiger partial charge in [-0.2, -0.15) is 0 Å². The Morgan fingerprint density at radius 3 is 2.38 bits per heavy atom. The normalized spacial score (nSPS) is 19.2. The molecular formula is C12H21NO3. The van der Waals surface area contributed by atoms with E-state index in [4.69, 9.17) is 5.11 Å². The first kappa shape index (κ1) is 13.0. The van der Waals surface area contributed by atoms with Crippen molar-refractivity contribution < 1.29 is 14.7 Å². The summed E-state index contributed by atoms with van der Waals surface area (Å²) in [5, 5.41) is 12.0. The average Bonchev–Trinajstić information content (AvgIpc) is 2.97. The molecule has 1 atom stereocenters. The number of carboxylic acid groups (broad SMARTS) is 1. The van der Waals surface area contributed by atoms with Gasteiger partial charge in [-0.3, -0.25) is 9.59 Å². The van der Waals surface area contributed by atoms with Crippen molar-refractivity contribution in [2.45, 2.75) is 40.0 Å². The van der Waals surface area contributed by atoms with E-state index in [1.54, 1.807) is 6.92 Å². The summed E-state index contributed by atoms with van der Waals surface area (Å²) in [4.78, 5) is 22.8. The molecule has 1 aliphatic rings. The molecule has 0 aromatic rings. The van der Waals surface area contributed by atoms with Crippen molar-refractivity contribution in [1.29, 1.82) is 0 Å². The van der Waals surface area contributed by atoms with Crippen LogP contribution in [0.4, 0.5) is 0 Å². The van der Waals surface area contributed by atoms with Gasteiger partial charge in [0.05, 0.1) is 5.41 Å². The van der Waals surface area contributed by atoms with Crippen molar-refractivity contribution in [3.05, 3.63) is 0 Å². The molecule has 0 bridgehead atoms. The van der Waals surface area contributed by atoms with Crippen LogP contribution in [0.2, 0.25) is 0 Å². The van der Waals surface area contributed by atoms with Crippen molar-refractivity contribution in [3.63, 3.8) is 0 Å². The Bertz CT molecular complexity index is 284. The van der Waals surface area contributed by atoms with Gasteiger partial charge in [0.15, 0.2) is 0 Å². The molecule has 0 radical (unpaired) electrons. The van der Waals surface area contributed by atoms with E-state index < -0.39 is 11.4 Å². The Balaban J connectivity index is 2.46. The molecule has 0 aromatic carbocycles. The summed E-state index contributed by atoms with van der Waals surface area (Å²) in [5.74, 6) is -0.481. The minimum Gasteiger partial charge on any atom is -0.481 e. The summed E-state index contributed by atoms with van der Waals surface area (Å²) in [6.07, 6.45) is 2.42. The van der Waals surface area contributed by atoms with Crippen LogP contribution in [0.25, 0.3) is 0 Å². The highest BCUT2D eigenvalue weighted by atomic mass is 16.4. The van der Waals surface area contributed by atoms with Gasteiger partial charge in [0, 0.05) is 13.0 Å². The fourth-order valence-corrected chi connectivity index (χ4v) is 1.50. The molecule has 0 heterocycles. The highest BCUT2D eigenvalue weighted by Crippen LogP contribution is 2.32. The quantitative estimate of drug-likeness (QED) is 0.725. The maximum Gasteiger partial charge on any atom is 0.310 e. The monoisotopic (exact) mass is 227 g/mol. The number of aliphatic carboxylic acids is 1. The molecule has 1 unspecified atom stereocenters. The molecule has 0 saturated heterocycles. The molecule has 4 heteroatoms. The lowest BCUT2D eigenvalue weighted by Crippen LogP contribution is -2.39. The number of hydrogen-bond acceptors (Lipinski definition) is 2. The SMILES string of the molecule is CC(C)C(C)(CC(=O)NCC1CC1)C(=O)O. The summed E-state index contributed by atoms with van der Waals surface area (Å²) in [6, 6.07) is 0. The van der Waals surface area contributed by atoms with Gasteiger partial charge >= 0.3 is 5.97 Å². The fraction of sp³-hybridized carbons (Fsp3) is 0.833. The van der Waals surface area contributed by atoms with E-state index in [0.717, 1.165) is 0 Å². The largest absolute Gasteiger partial charge is 0.481 e. The maximum absolute atomic E-state index is 11.6. The highest BCUT2D eigenvalue weighted by Gasteiger charge is 2.38. The third kappa shape index (κ3) is 3.22. The predicted molar refractivity (Wildman–Crippen MR) is 60.9 cm³/mol. The van der Waals surface area contributed by atoms with Crippen molar-refractivity contribution in [2.24, 2.45) is 17.3 Å². The van der Waals surface area contributed by atoms with Crippen LogP contribution >= 0.6 is 0 Å². The molecular weight excluding hydrogens is 206 g/mol. The number of nitrogens with one attached hydrogen (secondary N) is 1. The Kier molecular flexibility index (Phi) is 3.94. The van der Waals surface area contributed by atoms with Crippen LogP contribution in [0.1, 0.15) is 40.0 Å². The minimum absolute atomic E-state index is 0.0586. The van der Waals surface area contributed by atoms with Crippen LogP contribution in [0, 0.1) is 17.3 Å². The summed E-state index contributed by atoms with van der Waals surface area (Å²) >= 11 is 0. The smallest absolute Gasteiger partial charge is 0.310 e. The van der Waals surface area contributed by atoms with Gasteiger partial charge in [-0.25, -0.2) is 0 Å². The molecule has 4 nitrogen and oxygen atoms in total. The first-order chi connectivity index (χ1) is 7.36. The fourth-order valence-electron chi connectivity index (χ4n) is 1.50. The van der Waals surface area contributed by atoms with Crippen molar-refractivity contribution in [3.8, 4) is 0 Å². The van der Waals surface area contributed by atoms with Gasteiger partial charge in [-0.05, 0) is 31.6 Å². The molecule has 1 fully saturated rings. The third-order valence-corrected chi connectivity index (χ3v) is 3.58. The van der Waals surface area contributed by atoms with Gasteiger partial charge < -0.3 is 10.4 Å². The predicted octanol–water partition coefficient (Wildman–Crippen LogP) is 1.65. The summed E-state index contributed by atoms with van der Waals surface area (Å²) in [7, 11) is 0. The maximum atomic E-state index is 11.6. The Morgan fingerprint density at radius 1 is 1.44 bits per heavy atom. The molecule has 92 valence electrons. The second-order valence-corrected chi connectivity index (χ2v) is 5.30. The second-order valence-electron chi connectivity index (χ2n) is 5.30. The van der Waals surface area contributed by atoms with E-state index >= 15 is 0 Å². The molecule has 0 spiro atoms. The summed E-state index contributed by atoms with van der Waals surface area (Å²) in [5.41, 5.74) is -0.965. The summed E-state index contributed by atoms with van der Waals surface area (Å²) < 4.78 is 0. The van der Waals surface area contributed by atoms with Gasteiger partial charge in [-0.1, -0.05) is 13.8 Å². The third-order valence-electron chi connectivity index (χ3n) is 3.58. The number of carboxylic acids is 1. The van der Waals surface area contributed by atoms with Gasteiger partial charge in [0.1, 0.15) is 0 Å². The molecule has 16 heavy (non-hydrogen) atoms. The molecule has 1 rings (SSSR count). The zero-order valence-electron chi connectivity index (χ0n) is 10.2. The van der Waals surface area contributed by atoms with Crippen LogP contribution in [0.3, 0.4) is 0 Å². The minimum atomic E-state index is -0.965. The lowest BCUT2D eigenvalue weighted by molar-refractivity contribution is -0.153. The first-order valence-corrected chi connectivity index (χ1v) is 5.86. The second kappa shape index (κ2) is 4.85. The van der Waals surface area contributed by atoms with E-state index in [2.05, 4.69) is 5.32 Å². The average molecular weight is 227 g/mol. The van der Waals surface area contributed by atoms with Crippen LogP contribution in [-0.4, -0.2) is 23.5 Å². The lowest BCUT2D eigenvalue weighted by Gasteiger charge is -2.28. The Morgan fingerprint density at radius 2 is 2.00 bits per heavy atom. The number of carbonyl (C=O) groups excluding carboxylic acids is 1.